The Morgan fingerprint density at radius 1 is 1.38 bits per heavy atom. The van der Waals surface area contributed by atoms with Crippen LogP contribution in [0, 0.1) is 6.92 Å². The molecule has 0 bridgehead atoms. The molecule has 0 saturated heterocycles. The number of aryl methyl sites for hydroxylation is 2. The van der Waals surface area contributed by atoms with Crippen LogP contribution in [0.4, 0.5) is 0 Å². The average Bonchev–Trinajstić information content (AvgIpc) is 2.73. The van der Waals surface area contributed by atoms with Crippen LogP contribution < -0.4 is 5.32 Å². The number of rotatable bonds is 2. The van der Waals surface area contributed by atoms with Gasteiger partial charge in [-0.15, -0.1) is 0 Å². The van der Waals surface area contributed by atoms with Gasteiger partial charge in [-0.3, -0.25) is 0 Å². The Labute approximate surface area is 78.3 Å². The van der Waals surface area contributed by atoms with Gasteiger partial charge in [-0.2, -0.15) is 0 Å². The first kappa shape index (κ1) is 7.63. The quantitative estimate of drug-likeness (QED) is 0.750. The topological polar surface area (TPSA) is 25.2 Å². The third-order valence-corrected chi connectivity index (χ3v) is 3.00. The van der Waals surface area contributed by atoms with E-state index in [1.807, 2.05) is 6.92 Å². The number of fused-ring (bicyclic) bond motifs is 1. The van der Waals surface area contributed by atoms with Crippen LogP contribution in [0.2, 0.25) is 0 Å². The Hall–Kier alpha value is -0.760. The average molecular weight is 177 g/mol. The molecule has 0 aromatic carbocycles. The van der Waals surface area contributed by atoms with Crippen LogP contribution in [0.3, 0.4) is 0 Å². The van der Waals surface area contributed by atoms with E-state index in [0.29, 0.717) is 6.04 Å². The van der Waals surface area contributed by atoms with Gasteiger partial charge < -0.3 is 9.73 Å². The van der Waals surface area contributed by atoms with Crippen molar-refractivity contribution in [3.63, 3.8) is 0 Å². The molecule has 0 spiro atoms. The second-order valence-electron chi connectivity index (χ2n) is 4.28. The molecule has 1 N–H and O–H groups in total. The maximum Gasteiger partial charge on any atom is 0.124 e. The Kier molecular flexibility index (Phi) is 1.53. The van der Waals surface area contributed by atoms with Crippen molar-refractivity contribution >= 4 is 0 Å². The first-order valence-electron chi connectivity index (χ1n) is 5.18. The summed E-state index contributed by atoms with van der Waals surface area (Å²) < 4.78 is 5.70. The van der Waals surface area contributed by atoms with Crippen molar-refractivity contribution in [2.24, 2.45) is 0 Å². The monoisotopic (exact) mass is 177 g/mol. The number of hydrogen-bond acceptors (Lipinski definition) is 2. The Balaban J connectivity index is 1.83. The minimum absolute atomic E-state index is 0.510. The van der Waals surface area contributed by atoms with Crippen LogP contribution in [0.5, 0.6) is 0 Å². The normalized spacial score (nSPS) is 26.4. The van der Waals surface area contributed by atoms with E-state index in [9.17, 15) is 0 Å². The van der Waals surface area contributed by atoms with Crippen molar-refractivity contribution in [1.29, 1.82) is 0 Å². The molecule has 2 nitrogen and oxygen atoms in total. The van der Waals surface area contributed by atoms with E-state index < -0.39 is 0 Å². The Morgan fingerprint density at radius 3 is 3.00 bits per heavy atom. The highest BCUT2D eigenvalue weighted by Crippen LogP contribution is 2.35. The van der Waals surface area contributed by atoms with E-state index in [1.165, 1.54) is 37.0 Å². The van der Waals surface area contributed by atoms with Crippen molar-refractivity contribution in [3.8, 4) is 0 Å². The molecule has 3 rings (SSSR count). The molecule has 1 atom stereocenters. The van der Waals surface area contributed by atoms with Crippen molar-refractivity contribution in [2.45, 2.75) is 44.7 Å². The van der Waals surface area contributed by atoms with E-state index in [1.54, 1.807) is 0 Å². The number of nitrogens with one attached hydrogen (secondary N) is 1. The Morgan fingerprint density at radius 2 is 2.23 bits per heavy atom. The zero-order valence-electron chi connectivity index (χ0n) is 7.97. The molecule has 2 heteroatoms. The molecule has 0 aliphatic heterocycles. The molecule has 0 radical (unpaired) electrons. The van der Waals surface area contributed by atoms with E-state index in [0.717, 1.165) is 11.8 Å². The fraction of sp³-hybridized carbons (Fsp3) is 0.636. The molecule has 70 valence electrons. The van der Waals surface area contributed by atoms with Gasteiger partial charge in [0.15, 0.2) is 0 Å². The molecule has 2 aliphatic rings. The lowest BCUT2D eigenvalue weighted by molar-refractivity contribution is 0.404. The SMILES string of the molecule is Cc1cc2c(o1)C(NC1CC1)CC2. The lowest BCUT2D eigenvalue weighted by Crippen LogP contribution is -2.20. The van der Waals surface area contributed by atoms with Gasteiger partial charge in [0, 0.05) is 6.04 Å². The standard InChI is InChI=1S/C11H15NO/c1-7-6-8-2-5-10(11(8)13-7)12-9-3-4-9/h6,9-10,12H,2-5H2,1H3. The van der Waals surface area contributed by atoms with Gasteiger partial charge in [0.25, 0.3) is 0 Å². The molecule has 1 aromatic rings. The van der Waals surface area contributed by atoms with Crippen LogP contribution in [-0.4, -0.2) is 6.04 Å². The fourth-order valence-electron chi connectivity index (χ4n) is 2.20. The molecule has 2 aliphatic carbocycles. The zero-order valence-corrected chi connectivity index (χ0v) is 7.97. The second-order valence-corrected chi connectivity index (χ2v) is 4.28. The summed E-state index contributed by atoms with van der Waals surface area (Å²) in [5.41, 5.74) is 1.43. The maximum atomic E-state index is 5.70. The van der Waals surface area contributed by atoms with Gasteiger partial charge in [0.1, 0.15) is 11.5 Å². The molecule has 1 fully saturated rings. The van der Waals surface area contributed by atoms with Crippen LogP contribution in [0.15, 0.2) is 10.5 Å². The van der Waals surface area contributed by atoms with Gasteiger partial charge >= 0.3 is 0 Å². The molecule has 1 heterocycles. The van der Waals surface area contributed by atoms with Crippen molar-refractivity contribution in [2.75, 3.05) is 0 Å². The van der Waals surface area contributed by atoms with E-state index >= 15 is 0 Å². The van der Waals surface area contributed by atoms with Crippen LogP contribution in [-0.2, 0) is 6.42 Å². The first-order valence-corrected chi connectivity index (χ1v) is 5.18. The third kappa shape index (κ3) is 1.29. The summed E-state index contributed by atoms with van der Waals surface area (Å²) >= 11 is 0. The summed E-state index contributed by atoms with van der Waals surface area (Å²) in [6, 6.07) is 3.47. The molecule has 13 heavy (non-hydrogen) atoms. The van der Waals surface area contributed by atoms with Crippen molar-refractivity contribution < 1.29 is 4.42 Å². The van der Waals surface area contributed by atoms with E-state index in [2.05, 4.69) is 11.4 Å². The zero-order chi connectivity index (χ0) is 8.84. The summed E-state index contributed by atoms with van der Waals surface area (Å²) in [6.45, 7) is 2.03. The van der Waals surface area contributed by atoms with Gasteiger partial charge in [-0.25, -0.2) is 0 Å². The predicted molar refractivity (Wildman–Crippen MR) is 50.7 cm³/mol. The van der Waals surface area contributed by atoms with Crippen LogP contribution in [0.1, 0.15) is 42.4 Å². The number of hydrogen-bond donors (Lipinski definition) is 1. The van der Waals surface area contributed by atoms with Crippen molar-refractivity contribution in [3.05, 3.63) is 23.2 Å². The minimum atomic E-state index is 0.510. The molecule has 1 unspecified atom stereocenters. The van der Waals surface area contributed by atoms with Crippen LogP contribution in [0.25, 0.3) is 0 Å². The maximum absolute atomic E-state index is 5.70. The lowest BCUT2D eigenvalue weighted by atomic mass is 10.2. The van der Waals surface area contributed by atoms with Gasteiger partial charge in [0.05, 0.1) is 6.04 Å². The number of furan rings is 1. The van der Waals surface area contributed by atoms with Gasteiger partial charge in [-0.1, -0.05) is 0 Å². The first-order chi connectivity index (χ1) is 6.33. The minimum Gasteiger partial charge on any atom is -0.464 e. The Bertz CT molecular complexity index is 325. The van der Waals surface area contributed by atoms with Crippen molar-refractivity contribution in [1.82, 2.24) is 5.32 Å². The largest absolute Gasteiger partial charge is 0.464 e. The van der Waals surface area contributed by atoms with Crippen LogP contribution >= 0.6 is 0 Å². The highest BCUT2D eigenvalue weighted by atomic mass is 16.3. The van der Waals surface area contributed by atoms with Gasteiger partial charge in [-0.05, 0) is 44.2 Å². The fourth-order valence-corrected chi connectivity index (χ4v) is 2.20. The summed E-state index contributed by atoms with van der Waals surface area (Å²) in [7, 11) is 0. The highest BCUT2D eigenvalue weighted by Gasteiger charge is 2.31. The second kappa shape index (κ2) is 2.61. The summed E-state index contributed by atoms with van der Waals surface area (Å²) in [6.07, 6.45) is 5.12. The summed E-state index contributed by atoms with van der Waals surface area (Å²) in [5.74, 6) is 2.27. The summed E-state index contributed by atoms with van der Waals surface area (Å²) in [4.78, 5) is 0. The summed E-state index contributed by atoms with van der Waals surface area (Å²) in [5, 5.41) is 3.63. The molecule has 1 aromatic heterocycles. The third-order valence-electron chi connectivity index (χ3n) is 3.00. The molecule has 1 saturated carbocycles. The lowest BCUT2D eigenvalue weighted by Gasteiger charge is -2.10. The smallest absolute Gasteiger partial charge is 0.124 e. The van der Waals surface area contributed by atoms with E-state index in [-0.39, 0.29) is 0 Å². The van der Waals surface area contributed by atoms with Gasteiger partial charge in [0.2, 0.25) is 0 Å². The van der Waals surface area contributed by atoms with E-state index in [4.69, 9.17) is 4.42 Å². The molecule has 0 amide bonds. The molecular formula is C11H15NO. The predicted octanol–water partition coefficient (Wildman–Crippen LogP) is 2.33. The molecular weight excluding hydrogens is 162 g/mol. The highest BCUT2D eigenvalue weighted by molar-refractivity contribution is 5.29.